The van der Waals surface area contributed by atoms with Crippen LogP contribution < -0.4 is 0 Å². The Hall–Kier alpha value is -1.84. The molecule has 1 amide bonds. The summed E-state index contributed by atoms with van der Waals surface area (Å²) in [6, 6.07) is 0. The minimum absolute atomic E-state index is 0.102. The molecule has 2 saturated heterocycles. The van der Waals surface area contributed by atoms with E-state index in [0.717, 1.165) is 13.0 Å². The molecule has 0 radical (unpaired) electrons. The summed E-state index contributed by atoms with van der Waals surface area (Å²) >= 11 is 1.18. The standard InChI is InChI=1S/C15H19N5O3S/c21-14(13-8-24-18-17-13)20-3-4-22-10-15(9-20)5-12(7-23-15)6-19-2-1-16-11-19/h1-2,8,11-12H,3-7,9-10H2. The molecule has 2 unspecified atom stereocenters. The van der Waals surface area contributed by atoms with Crippen LogP contribution in [0.15, 0.2) is 24.1 Å². The second-order valence-electron chi connectivity index (χ2n) is 6.39. The lowest BCUT2D eigenvalue weighted by molar-refractivity contribution is -0.0539. The van der Waals surface area contributed by atoms with E-state index in [1.807, 2.05) is 12.5 Å². The van der Waals surface area contributed by atoms with Crippen LogP contribution in [0.3, 0.4) is 0 Å². The smallest absolute Gasteiger partial charge is 0.275 e. The third-order valence-corrected chi connectivity index (χ3v) is 5.03. The lowest BCUT2D eigenvalue weighted by Crippen LogP contribution is -2.46. The van der Waals surface area contributed by atoms with Crippen molar-refractivity contribution in [2.45, 2.75) is 18.6 Å². The van der Waals surface area contributed by atoms with Crippen LogP contribution in [0, 0.1) is 5.92 Å². The summed E-state index contributed by atoms with van der Waals surface area (Å²) in [5, 5.41) is 5.57. The van der Waals surface area contributed by atoms with Crippen LogP contribution in [0.4, 0.5) is 0 Å². The zero-order valence-corrected chi connectivity index (χ0v) is 14.0. The molecule has 24 heavy (non-hydrogen) atoms. The van der Waals surface area contributed by atoms with E-state index in [-0.39, 0.29) is 5.91 Å². The molecule has 4 rings (SSSR count). The number of aromatic nitrogens is 4. The van der Waals surface area contributed by atoms with E-state index >= 15 is 0 Å². The number of hydrogen-bond donors (Lipinski definition) is 0. The maximum absolute atomic E-state index is 12.6. The van der Waals surface area contributed by atoms with Crippen molar-refractivity contribution in [3.05, 3.63) is 29.8 Å². The highest BCUT2D eigenvalue weighted by Crippen LogP contribution is 2.33. The van der Waals surface area contributed by atoms with Gasteiger partial charge in [0, 0.05) is 36.8 Å². The SMILES string of the molecule is O=C(c1csnn1)N1CCOCC2(CC(Cn3ccnc3)CO2)C1. The van der Waals surface area contributed by atoms with Gasteiger partial charge in [-0.25, -0.2) is 4.98 Å². The van der Waals surface area contributed by atoms with E-state index in [9.17, 15) is 4.79 Å². The van der Waals surface area contributed by atoms with E-state index in [1.54, 1.807) is 16.5 Å². The maximum atomic E-state index is 12.6. The topological polar surface area (TPSA) is 82.4 Å². The highest BCUT2D eigenvalue weighted by molar-refractivity contribution is 7.03. The lowest BCUT2D eigenvalue weighted by Gasteiger charge is -2.30. The van der Waals surface area contributed by atoms with E-state index in [4.69, 9.17) is 9.47 Å². The van der Waals surface area contributed by atoms with E-state index in [1.165, 1.54) is 11.5 Å². The number of carbonyl (C=O) groups is 1. The molecule has 2 fully saturated rings. The molecule has 2 atom stereocenters. The third-order valence-electron chi connectivity index (χ3n) is 4.53. The molecule has 2 aromatic heterocycles. The molecule has 2 aliphatic rings. The Balaban J connectivity index is 1.45. The molecular weight excluding hydrogens is 330 g/mol. The Labute approximate surface area is 143 Å². The molecular formula is C15H19N5O3S. The molecule has 0 saturated carbocycles. The zero-order valence-electron chi connectivity index (χ0n) is 13.2. The van der Waals surface area contributed by atoms with Crippen molar-refractivity contribution in [2.24, 2.45) is 5.92 Å². The summed E-state index contributed by atoms with van der Waals surface area (Å²) in [5.74, 6) is 0.286. The fraction of sp³-hybridized carbons (Fsp3) is 0.600. The monoisotopic (exact) mass is 349 g/mol. The Morgan fingerprint density at radius 2 is 2.46 bits per heavy atom. The third kappa shape index (κ3) is 3.19. The first-order valence-corrected chi connectivity index (χ1v) is 8.82. The van der Waals surface area contributed by atoms with Crippen LogP contribution in [0.25, 0.3) is 0 Å². The van der Waals surface area contributed by atoms with Crippen molar-refractivity contribution in [3.8, 4) is 0 Å². The number of ether oxygens (including phenoxy) is 2. The number of carbonyl (C=O) groups excluding carboxylic acids is 1. The molecule has 0 bridgehead atoms. The first-order valence-electron chi connectivity index (χ1n) is 7.98. The van der Waals surface area contributed by atoms with Gasteiger partial charge in [-0.15, -0.1) is 5.10 Å². The van der Waals surface area contributed by atoms with Crippen molar-refractivity contribution < 1.29 is 14.3 Å². The van der Waals surface area contributed by atoms with Gasteiger partial charge in [-0.1, -0.05) is 4.49 Å². The van der Waals surface area contributed by atoms with E-state index < -0.39 is 5.60 Å². The van der Waals surface area contributed by atoms with E-state index in [0.29, 0.717) is 44.5 Å². The molecule has 4 heterocycles. The first kappa shape index (κ1) is 15.7. The number of nitrogens with zero attached hydrogens (tertiary/aromatic N) is 5. The van der Waals surface area contributed by atoms with Crippen LogP contribution in [0.2, 0.25) is 0 Å². The molecule has 9 heteroatoms. The number of imidazole rings is 1. The van der Waals surface area contributed by atoms with Crippen molar-refractivity contribution >= 4 is 17.4 Å². The number of rotatable bonds is 3. The van der Waals surface area contributed by atoms with Gasteiger partial charge in [0.15, 0.2) is 5.69 Å². The van der Waals surface area contributed by atoms with Gasteiger partial charge in [0.2, 0.25) is 0 Å². The Morgan fingerprint density at radius 3 is 3.25 bits per heavy atom. The summed E-state index contributed by atoms with van der Waals surface area (Å²) in [6.45, 7) is 3.65. The van der Waals surface area contributed by atoms with Gasteiger partial charge in [0.1, 0.15) is 5.60 Å². The van der Waals surface area contributed by atoms with Gasteiger partial charge in [0.25, 0.3) is 5.91 Å². The predicted octanol–water partition coefficient (Wildman–Crippen LogP) is 0.682. The fourth-order valence-corrected chi connectivity index (χ4v) is 3.89. The highest BCUT2D eigenvalue weighted by Gasteiger charge is 2.44. The van der Waals surface area contributed by atoms with Gasteiger partial charge in [-0.2, -0.15) is 0 Å². The summed E-state index contributed by atoms with van der Waals surface area (Å²) in [7, 11) is 0. The number of amides is 1. The predicted molar refractivity (Wildman–Crippen MR) is 85.6 cm³/mol. The summed E-state index contributed by atoms with van der Waals surface area (Å²) in [6.07, 6.45) is 6.42. The van der Waals surface area contributed by atoms with E-state index in [2.05, 4.69) is 19.1 Å². The van der Waals surface area contributed by atoms with Crippen LogP contribution in [0.5, 0.6) is 0 Å². The first-order chi connectivity index (χ1) is 11.7. The molecule has 0 N–H and O–H groups in total. The van der Waals surface area contributed by atoms with Crippen LogP contribution in [-0.2, 0) is 16.0 Å². The Bertz CT molecular complexity index is 677. The van der Waals surface area contributed by atoms with Gasteiger partial charge >= 0.3 is 0 Å². The van der Waals surface area contributed by atoms with Gasteiger partial charge in [0.05, 0.1) is 32.7 Å². The molecule has 0 aromatic carbocycles. The molecule has 8 nitrogen and oxygen atoms in total. The normalized spacial score (nSPS) is 27.5. The quantitative estimate of drug-likeness (QED) is 0.811. The van der Waals surface area contributed by atoms with Crippen molar-refractivity contribution in [1.82, 2.24) is 24.0 Å². The Morgan fingerprint density at radius 1 is 1.50 bits per heavy atom. The second-order valence-corrected chi connectivity index (χ2v) is 7.00. The minimum atomic E-state index is -0.430. The summed E-state index contributed by atoms with van der Waals surface area (Å²) in [5.41, 5.74) is -0.0362. The molecule has 128 valence electrons. The fourth-order valence-electron chi connectivity index (χ4n) is 3.46. The zero-order chi connectivity index (χ0) is 16.4. The Kier molecular flexibility index (Phi) is 4.30. The lowest BCUT2D eigenvalue weighted by atomic mass is 9.94. The molecule has 2 aromatic rings. The van der Waals surface area contributed by atoms with Crippen molar-refractivity contribution in [2.75, 3.05) is 32.9 Å². The highest BCUT2D eigenvalue weighted by atomic mass is 32.1. The van der Waals surface area contributed by atoms with Crippen LogP contribution in [0.1, 0.15) is 16.9 Å². The number of hydrogen-bond acceptors (Lipinski definition) is 7. The maximum Gasteiger partial charge on any atom is 0.275 e. The molecule has 1 spiro atoms. The molecule has 2 aliphatic heterocycles. The summed E-state index contributed by atoms with van der Waals surface area (Å²) < 4.78 is 17.7. The van der Waals surface area contributed by atoms with Crippen molar-refractivity contribution in [3.63, 3.8) is 0 Å². The van der Waals surface area contributed by atoms with Crippen LogP contribution in [-0.4, -0.2) is 68.5 Å². The average molecular weight is 349 g/mol. The summed E-state index contributed by atoms with van der Waals surface area (Å²) in [4.78, 5) is 18.5. The largest absolute Gasteiger partial charge is 0.377 e. The van der Waals surface area contributed by atoms with Gasteiger partial charge in [-0.05, 0) is 18.0 Å². The average Bonchev–Trinajstić information content (AvgIpc) is 3.30. The van der Waals surface area contributed by atoms with Gasteiger partial charge in [-0.3, -0.25) is 4.79 Å². The minimum Gasteiger partial charge on any atom is -0.377 e. The van der Waals surface area contributed by atoms with Gasteiger partial charge < -0.3 is 18.9 Å². The second kappa shape index (κ2) is 6.58. The van der Waals surface area contributed by atoms with Crippen molar-refractivity contribution in [1.29, 1.82) is 0 Å². The molecule has 0 aliphatic carbocycles. The van der Waals surface area contributed by atoms with Crippen LogP contribution >= 0.6 is 11.5 Å².